The Kier molecular flexibility index (Phi) is 4.98. The van der Waals surface area contributed by atoms with E-state index in [4.69, 9.17) is 4.74 Å². The summed E-state index contributed by atoms with van der Waals surface area (Å²) < 4.78 is 5.49. The van der Waals surface area contributed by atoms with Gasteiger partial charge in [-0.05, 0) is 25.7 Å². The summed E-state index contributed by atoms with van der Waals surface area (Å²) in [6, 6.07) is 0. The average Bonchev–Trinajstić information content (AvgIpc) is 2.53. The monoisotopic (exact) mass is 293 g/mol. The molecule has 1 aliphatic heterocycles. The van der Waals surface area contributed by atoms with Crippen molar-refractivity contribution in [1.82, 2.24) is 9.97 Å². The van der Waals surface area contributed by atoms with Gasteiger partial charge in [0.2, 0.25) is 5.88 Å². The Labute approximate surface area is 125 Å². The van der Waals surface area contributed by atoms with Gasteiger partial charge in [0.25, 0.3) is 0 Å². The number of aromatic nitrogens is 2. The Morgan fingerprint density at radius 2 is 2.10 bits per heavy atom. The minimum Gasteiger partial charge on any atom is -0.481 e. The number of hydrogen-bond donors (Lipinski definition) is 1. The van der Waals surface area contributed by atoms with Gasteiger partial charge in [0, 0.05) is 13.1 Å². The van der Waals surface area contributed by atoms with Crippen LogP contribution < -0.4 is 9.64 Å². The van der Waals surface area contributed by atoms with Crippen LogP contribution in [-0.4, -0.2) is 40.7 Å². The molecule has 0 bridgehead atoms. The first-order valence-corrected chi connectivity index (χ1v) is 7.54. The smallest absolute Gasteiger partial charge is 0.309 e. The van der Waals surface area contributed by atoms with Gasteiger partial charge in [-0.1, -0.05) is 13.8 Å². The van der Waals surface area contributed by atoms with Gasteiger partial charge in [0.1, 0.15) is 0 Å². The average molecular weight is 293 g/mol. The molecule has 0 atom stereocenters. The van der Waals surface area contributed by atoms with E-state index in [1.54, 1.807) is 12.4 Å². The molecule has 0 amide bonds. The fraction of sp³-hybridized carbons (Fsp3) is 0.667. The zero-order valence-corrected chi connectivity index (χ0v) is 12.7. The summed E-state index contributed by atoms with van der Waals surface area (Å²) in [6.45, 7) is 5.98. The molecule has 6 heteroatoms. The molecule has 0 aromatic carbocycles. The second kappa shape index (κ2) is 6.74. The lowest BCUT2D eigenvalue weighted by atomic mass is 9.76. The Bertz CT molecular complexity index is 485. The van der Waals surface area contributed by atoms with Crippen molar-refractivity contribution in [3.8, 4) is 5.88 Å². The minimum absolute atomic E-state index is 0.528. The van der Waals surface area contributed by atoms with Crippen LogP contribution in [0.1, 0.15) is 39.5 Å². The summed E-state index contributed by atoms with van der Waals surface area (Å²) in [5.74, 6) is 0.606. The number of aliphatic carboxylic acids is 1. The number of carboxylic acid groups (broad SMARTS) is 1. The predicted octanol–water partition coefficient (Wildman–Crippen LogP) is 2.35. The number of anilines is 1. The molecule has 2 rings (SSSR count). The van der Waals surface area contributed by atoms with E-state index < -0.39 is 11.4 Å². The molecule has 1 aliphatic rings. The number of hydrogen-bond acceptors (Lipinski definition) is 5. The first-order chi connectivity index (χ1) is 10.1. The molecule has 2 heterocycles. The summed E-state index contributed by atoms with van der Waals surface area (Å²) in [5.41, 5.74) is -0.583. The Morgan fingerprint density at radius 3 is 2.67 bits per heavy atom. The van der Waals surface area contributed by atoms with Crippen molar-refractivity contribution in [3.63, 3.8) is 0 Å². The second-order valence-corrected chi connectivity index (χ2v) is 5.49. The fourth-order valence-electron chi connectivity index (χ4n) is 2.65. The summed E-state index contributed by atoms with van der Waals surface area (Å²) in [6.07, 6.45) is 6.19. The van der Waals surface area contributed by atoms with Crippen LogP contribution in [0.15, 0.2) is 12.4 Å². The van der Waals surface area contributed by atoms with E-state index in [0.717, 1.165) is 12.2 Å². The number of carboxylic acids is 1. The lowest BCUT2D eigenvalue weighted by Gasteiger charge is -2.38. The Morgan fingerprint density at radius 1 is 1.38 bits per heavy atom. The molecule has 1 saturated heterocycles. The molecule has 0 unspecified atom stereocenters. The van der Waals surface area contributed by atoms with Gasteiger partial charge in [0.05, 0.1) is 24.4 Å². The van der Waals surface area contributed by atoms with Crippen molar-refractivity contribution >= 4 is 11.8 Å². The molecule has 0 aliphatic carbocycles. The van der Waals surface area contributed by atoms with Crippen LogP contribution in [0.3, 0.4) is 0 Å². The highest BCUT2D eigenvalue weighted by molar-refractivity contribution is 5.75. The number of carbonyl (C=O) groups is 1. The van der Waals surface area contributed by atoms with E-state index in [-0.39, 0.29) is 0 Å². The van der Waals surface area contributed by atoms with Crippen LogP contribution in [-0.2, 0) is 4.79 Å². The number of rotatable bonds is 6. The van der Waals surface area contributed by atoms with E-state index in [1.807, 2.05) is 13.8 Å². The van der Waals surface area contributed by atoms with Crippen molar-refractivity contribution in [2.45, 2.75) is 39.5 Å². The molecule has 0 saturated carbocycles. The van der Waals surface area contributed by atoms with Crippen LogP contribution in [0.4, 0.5) is 5.82 Å². The lowest BCUT2D eigenvalue weighted by Crippen LogP contribution is -2.44. The zero-order chi connectivity index (χ0) is 15.3. The molecule has 116 valence electrons. The highest BCUT2D eigenvalue weighted by atomic mass is 16.5. The van der Waals surface area contributed by atoms with Gasteiger partial charge in [-0.2, -0.15) is 4.98 Å². The molecular formula is C15H23N3O3. The van der Waals surface area contributed by atoms with Crippen LogP contribution in [0.5, 0.6) is 5.88 Å². The van der Waals surface area contributed by atoms with Crippen molar-refractivity contribution < 1.29 is 14.6 Å². The third-order valence-corrected chi connectivity index (χ3v) is 4.23. The molecule has 1 fully saturated rings. The van der Waals surface area contributed by atoms with Gasteiger partial charge in [-0.25, -0.2) is 0 Å². The maximum Gasteiger partial charge on any atom is 0.309 e. The molecule has 21 heavy (non-hydrogen) atoms. The first-order valence-electron chi connectivity index (χ1n) is 7.54. The molecular weight excluding hydrogens is 270 g/mol. The third-order valence-electron chi connectivity index (χ3n) is 4.23. The molecule has 1 aromatic heterocycles. The number of piperidine rings is 1. The van der Waals surface area contributed by atoms with Crippen molar-refractivity contribution in [1.29, 1.82) is 0 Å². The van der Waals surface area contributed by atoms with Crippen molar-refractivity contribution in [2.24, 2.45) is 5.41 Å². The quantitative estimate of drug-likeness (QED) is 0.867. The number of ether oxygens (including phenoxy) is 1. The summed E-state index contributed by atoms with van der Waals surface area (Å²) in [4.78, 5) is 22.1. The zero-order valence-electron chi connectivity index (χ0n) is 12.7. The van der Waals surface area contributed by atoms with Gasteiger partial charge < -0.3 is 14.7 Å². The van der Waals surface area contributed by atoms with E-state index in [2.05, 4.69) is 14.9 Å². The molecule has 1 aromatic rings. The Hall–Kier alpha value is -1.85. The highest BCUT2D eigenvalue weighted by Gasteiger charge is 2.40. The van der Waals surface area contributed by atoms with E-state index >= 15 is 0 Å². The topological polar surface area (TPSA) is 75.5 Å². The van der Waals surface area contributed by atoms with E-state index in [0.29, 0.717) is 44.8 Å². The van der Waals surface area contributed by atoms with Crippen LogP contribution >= 0.6 is 0 Å². The fourth-order valence-corrected chi connectivity index (χ4v) is 2.65. The van der Waals surface area contributed by atoms with Crippen LogP contribution in [0.25, 0.3) is 0 Å². The van der Waals surface area contributed by atoms with Crippen LogP contribution in [0.2, 0.25) is 0 Å². The second-order valence-electron chi connectivity index (χ2n) is 5.49. The summed E-state index contributed by atoms with van der Waals surface area (Å²) in [7, 11) is 0. The molecule has 1 N–H and O–H groups in total. The minimum atomic E-state index is -0.684. The van der Waals surface area contributed by atoms with E-state index in [9.17, 15) is 9.90 Å². The van der Waals surface area contributed by atoms with Crippen molar-refractivity contribution in [3.05, 3.63) is 12.4 Å². The number of nitrogens with zero attached hydrogens (tertiary/aromatic N) is 3. The summed E-state index contributed by atoms with van der Waals surface area (Å²) >= 11 is 0. The normalized spacial score (nSPS) is 17.5. The van der Waals surface area contributed by atoms with E-state index in [1.165, 1.54) is 0 Å². The maximum absolute atomic E-state index is 11.5. The predicted molar refractivity (Wildman–Crippen MR) is 79.6 cm³/mol. The van der Waals surface area contributed by atoms with Gasteiger partial charge >= 0.3 is 5.97 Å². The molecule has 0 spiro atoms. The first kappa shape index (κ1) is 15.5. The Balaban J connectivity index is 2.03. The molecule has 6 nitrogen and oxygen atoms in total. The van der Waals surface area contributed by atoms with Gasteiger partial charge in [0.15, 0.2) is 5.82 Å². The standard InChI is InChI=1S/C15H23N3O3/c1-3-9-21-13-11-16-10-12(17-13)18-7-5-15(4-2,6-8-18)14(19)20/h10-11H,3-9H2,1-2H3,(H,19,20). The van der Waals surface area contributed by atoms with Crippen molar-refractivity contribution in [2.75, 3.05) is 24.6 Å². The lowest BCUT2D eigenvalue weighted by molar-refractivity contribution is -0.150. The van der Waals surface area contributed by atoms with Crippen LogP contribution in [0, 0.1) is 5.41 Å². The summed E-state index contributed by atoms with van der Waals surface area (Å²) in [5, 5.41) is 9.42. The maximum atomic E-state index is 11.5. The third kappa shape index (κ3) is 3.43. The molecule has 0 radical (unpaired) electrons. The SMILES string of the molecule is CCCOc1cncc(N2CCC(CC)(C(=O)O)CC2)n1. The largest absolute Gasteiger partial charge is 0.481 e. The highest BCUT2D eigenvalue weighted by Crippen LogP contribution is 2.36. The van der Waals surface area contributed by atoms with Gasteiger partial charge in [-0.3, -0.25) is 9.78 Å². The van der Waals surface area contributed by atoms with Gasteiger partial charge in [-0.15, -0.1) is 0 Å².